The highest BCUT2D eigenvalue weighted by atomic mass is 16.4. The number of nitrogens with zero attached hydrogens (tertiary/aromatic N) is 1. The SMILES string of the molecule is Cn1cc(CCNC(=O)CCC(C)(C)C(=O)O)[nH]1. The lowest BCUT2D eigenvalue weighted by molar-refractivity contribution is -0.147. The summed E-state index contributed by atoms with van der Waals surface area (Å²) in [4.78, 5) is 22.4. The molecule has 0 aliphatic carbocycles. The van der Waals surface area contributed by atoms with E-state index in [1.165, 1.54) is 0 Å². The fraction of sp³-hybridized carbons (Fsp3) is 0.667. The molecule has 0 aliphatic heterocycles. The number of hydrogen-bond donors (Lipinski definition) is 3. The zero-order chi connectivity index (χ0) is 13.8. The second-order valence-corrected chi connectivity index (χ2v) is 5.17. The summed E-state index contributed by atoms with van der Waals surface area (Å²) in [6.07, 6.45) is 3.31. The van der Waals surface area contributed by atoms with E-state index < -0.39 is 11.4 Å². The van der Waals surface area contributed by atoms with Gasteiger partial charge in [0, 0.05) is 32.6 Å². The van der Waals surface area contributed by atoms with Gasteiger partial charge in [-0.05, 0) is 20.3 Å². The van der Waals surface area contributed by atoms with Crippen LogP contribution in [0.15, 0.2) is 6.20 Å². The van der Waals surface area contributed by atoms with Crippen LogP contribution in [-0.4, -0.2) is 33.3 Å². The van der Waals surface area contributed by atoms with E-state index in [1.807, 2.05) is 17.9 Å². The molecular formula is C12H21N3O3. The van der Waals surface area contributed by atoms with Crippen LogP contribution in [0, 0.1) is 5.41 Å². The maximum absolute atomic E-state index is 11.5. The summed E-state index contributed by atoms with van der Waals surface area (Å²) in [5, 5.41) is 14.7. The molecule has 102 valence electrons. The Hall–Kier alpha value is -1.72. The van der Waals surface area contributed by atoms with Gasteiger partial charge >= 0.3 is 5.97 Å². The molecule has 18 heavy (non-hydrogen) atoms. The van der Waals surface area contributed by atoms with Gasteiger partial charge in [0.2, 0.25) is 5.91 Å². The lowest BCUT2D eigenvalue weighted by atomic mass is 9.88. The molecule has 1 amide bonds. The summed E-state index contributed by atoms with van der Waals surface area (Å²) in [6, 6.07) is 0. The number of aryl methyl sites for hydroxylation is 1. The molecule has 0 spiro atoms. The number of carboxylic acids is 1. The van der Waals surface area contributed by atoms with Crippen molar-refractivity contribution in [3.8, 4) is 0 Å². The Labute approximate surface area is 106 Å². The average molecular weight is 255 g/mol. The number of amides is 1. The van der Waals surface area contributed by atoms with Crippen LogP contribution in [0.2, 0.25) is 0 Å². The number of carboxylic acid groups (broad SMARTS) is 1. The molecule has 1 aromatic rings. The third-order valence-corrected chi connectivity index (χ3v) is 2.94. The first kappa shape index (κ1) is 14.3. The van der Waals surface area contributed by atoms with Crippen molar-refractivity contribution in [2.75, 3.05) is 6.54 Å². The number of aromatic amines is 1. The quantitative estimate of drug-likeness (QED) is 0.676. The van der Waals surface area contributed by atoms with Crippen LogP contribution in [0.5, 0.6) is 0 Å². The highest BCUT2D eigenvalue weighted by Crippen LogP contribution is 2.22. The number of hydrogen-bond acceptors (Lipinski definition) is 2. The third kappa shape index (κ3) is 4.27. The summed E-state index contributed by atoms with van der Waals surface area (Å²) < 4.78 is 1.84. The molecule has 0 saturated carbocycles. The first-order chi connectivity index (χ1) is 8.31. The fourth-order valence-electron chi connectivity index (χ4n) is 1.53. The van der Waals surface area contributed by atoms with Crippen LogP contribution in [-0.2, 0) is 23.1 Å². The van der Waals surface area contributed by atoms with E-state index in [0.717, 1.165) is 12.1 Å². The maximum atomic E-state index is 11.5. The number of H-pyrrole nitrogens is 1. The number of aliphatic carboxylic acids is 1. The molecular weight excluding hydrogens is 234 g/mol. The van der Waals surface area contributed by atoms with Gasteiger partial charge in [0.15, 0.2) is 0 Å². The number of carbonyl (C=O) groups excluding carboxylic acids is 1. The predicted octanol–water partition coefficient (Wildman–Crippen LogP) is 0.903. The van der Waals surface area contributed by atoms with Crippen molar-refractivity contribution in [2.24, 2.45) is 12.5 Å². The lowest BCUT2D eigenvalue weighted by Gasteiger charge is -2.18. The zero-order valence-electron chi connectivity index (χ0n) is 11.1. The summed E-state index contributed by atoms with van der Waals surface area (Å²) in [5.41, 5.74) is 0.238. The minimum absolute atomic E-state index is 0.0994. The Bertz CT molecular complexity index is 406. The molecule has 6 heteroatoms. The Morgan fingerprint density at radius 1 is 1.50 bits per heavy atom. The molecule has 1 aromatic heterocycles. The van der Waals surface area contributed by atoms with E-state index >= 15 is 0 Å². The Kier molecular flexibility index (Phi) is 4.58. The normalized spacial score (nSPS) is 11.5. The van der Waals surface area contributed by atoms with Crippen LogP contribution in [0.25, 0.3) is 0 Å². The van der Waals surface area contributed by atoms with E-state index in [-0.39, 0.29) is 12.3 Å². The van der Waals surface area contributed by atoms with Crippen molar-refractivity contribution >= 4 is 11.9 Å². The van der Waals surface area contributed by atoms with Crippen molar-refractivity contribution in [3.05, 3.63) is 11.9 Å². The van der Waals surface area contributed by atoms with Crippen LogP contribution in [0.4, 0.5) is 0 Å². The maximum Gasteiger partial charge on any atom is 0.309 e. The Balaban J connectivity index is 2.17. The number of aromatic nitrogens is 2. The number of nitrogens with one attached hydrogen (secondary N) is 2. The van der Waals surface area contributed by atoms with E-state index in [2.05, 4.69) is 10.4 Å². The summed E-state index contributed by atoms with van der Waals surface area (Å²) in [5.74, 6) is -0.972. The first-order valence-corrected chi connectivity index (χ1v) is 6.01. The minimum Gasteiger partial charge on any atom is -0.481 e. The average Bonchev–Trinajstić information content (AvgIpc) is 2.24. The minimum atomic E-state index is -0.873. The Morgan fingerprint density at radius 2 is 2.11 bits per heavy atom. The van der Waals surface area contributed by atoms with E-state index in [9.17, 15) is 9.59 Å². The van der Waals surface area contributed by atoms with Gasteiger partial charge in [-0.15, -0.1) is 0 Å². The van der Waals surface area contributed by atoms with E-state index in [1.54, 1.807) is 13.8 Å². The van der Waals surface area contributed by atoms with Gasteiger partial charge < -0.3 is 15.5 Å². The van der Waals surface area contributed by atoms with Gasteiger partial charge in [-0.3, -0.25) is 14.3 Å². The van der Waals surface area contributed by atoms with Crippen molar-refractivity contribution in [1.82, 2.24) is 15.1 Å². The second-order valence-electron chi connectivity index (χ2n) is 5.17. The highest BCUT2D eigenvalue weighted by molar-refractivity contribution is 5.78. The largest absolute Gasteiger partial charge is 0.481 e. The summed E-state index contributed by atoms with van der Waals surface area (Å²) in [6.45, 7) is 3.82. The summed E-state index contributed by atoms with van der Waals surface area (Å²) in [7, 11) is 1.90. The van der Waals surface area contributed by atoms with E-state index in [0.29, 0.717) is 13.0 Å². The standard InChI is InChI=1S/C12H21N3O3/c1-12(2,11(17)18)6-4-10(16)13-7-5-9-8-15(3)14-9/h8,14H,4-7H2,1-3H3,(H,13,16)(H,17,18). The molecule has 0 saturated heterocycles. The zero-order valence-corrected chi connectivity index (χ0v) is 11.1. The molecule has 1 rings (SSSR count). The third-order valence-electron chi connectivity index (χ3n) is 2.94. The smallest absolute Gasteiger partial charge is 0.309 e. The molecule has 0 aliphatic rings. The predicted molar refractivity (Wildman–Crippen MR) is 67.1 cm³/mol. The van der Waals surface area contributed by atoms with Gasteiger partial charge in [-0.1, -0.05) is 0 Å². The topological polar surface area (TPSA) is 87.1 Å². The first-order valence-electron chi connectivity index (χ1n) is 6.01. The van der Waals surface area contributed by atoms with Crippen LogP contribution >= 0.6 is 0 Å². The molecule has 0 bridgehead atoms. The van der Waals surface area contributed by atoms with Crippen LogP contribution in [0.3, 0.4) is 0 Å². The molecule has 0 unspecified atom stereocenters. The monoisotopic (exact) mass is 255 g/mol. The molecule has 6 nitrogen and oxygen atoms in total. The number of carbonyl (C=O) groups is 2. The van der Waals surface area contributed by atoms with E-state index in [4.69, 9.17) is 5.11 Å². The number of rotatable bonds is 7. The summed E-state index contributed by atoms with van der Waals surface area (Å²) >= 11 is 0. The molecule has 0 fully saturated rings. The van der Waals surface area contributed by atoms with Gasteiger partial charge in [0.05, 0.1) is 11.1 Å². The molecule has 3 N–H and O–H groups in total. The molecule has 0 aromatic carbocycles. The fourth-order valence-corrected chi connectivity index (χ4v) is 1.53. The van der Waals surface area contributed by atoms with Gasteiger partial charge in [-0.25, -0.2) is 0 Å². The molecule has 1 heterocycles. The van der Waals surface area contributed by atoms with Gasteiger partial charge in [0.25, 0.3) is 0 Å². The van der Waals surface area contributed by atoms with Crippen molar-refractivity contribution < 1.29 is 14.7 Å². The highest BCUT2D eigenvalue weighted by Gasteiger charge is 2.27. The van der Waals surface area contributed by atoms with Crippen LogP contribution in [0.1, 0.15) is 32.4 Å². The van der Waals surface area contributed by atoms with Gasteiger partial charge in [-0.2, -0.15) is 0 Å². The van der Waals surface area contributed by atoms with Gasteiger partial charge in [0.1, 0.15) is 0 Å². The lowest BCUT2D eigenvalue weighted by Crippen LogP contribution is -2.30. The second kappa shape index (κ2) is 5.75. The van der Waals surface area contributed by atoms with Crippen LogP contribution < -0.4 is 5.32 Å². The molecule has 0 radical (unpaired) electrons. The molecule has 0 atom stereocenters. The van der Waals surface area contributed by atoms with Crippen molar-refractivity contribution in [3.63, 3.8) is 0 Å². The van der Waals surface area contributed by atoms with Crippen molar-refractivity contribution in [2.45, 2.75) is 33.1 Å². The Morgan fingerprint density at radius 3 is 2.61 bits per heavy atom. The van der Waals surface area contributed by atoms with Crippen molar-refractivity contribution in [1.29, 1.82) is 0 Å².